The summed E-state index contributed by atoms with van der Waals surface area (Å²) in [5, 5.41) is 26.4. The Bertz CT molecular complexity index is 1980. The number of fused-ring (bicyclic) bond motifs is 1. The Morgan fingerprint density at radius 1 is 0.957 bits per heavy atom. The maximum Gasteiger partial charge on any atom is 0.196 e. The van der Waals surface area contributed by atoms with E-state index in [1.807, 2.05) is 29.1 Å². The molecule has 2 N–H and O–H groups in total. The normalized spacial score (nSPS) is 15.0. The summed E-state index contributed by atoms with van der Waals surface area (Å²) >= 11 is 12.8. The van der Waals surface area contributed by atoms with Crippen molar-refractivity contribution in [2.45, 2.75) is 51.2 Å². The van der Waals surface area contributed by atoms with Gasteiger partial charge in [0.2, 0.25) is 0 Å². The predicted molar refractivity (Wildman–Crippen MR) is 178 cm³/mol. The Labute approximate surface area is 280 Å². The number of nitriles is 1. The number of halogens is 5. The van der Waals surface area contributed by atoms with Crippen LogP contribution in [0.15, 0.2) is 60.9 Å². The van der Waals surface area contributed by atoms with Crippen molar-refractivity contribution in [3.05, 3.63) is 105 Å². The average Bonchev–Trinajstić information content (AvgIpc) is 3.54. The molecule has 1 fully saturated rings. The van der Waals surface area contributed by atoms with E-state index in [2.05, 4.69) is 51.6 Å². The van der Waals surface area contributed by atoms with Crippen LogP contribution < -0.4 is 10.6 Å². The number of rotatable bonds is 7. The van der Waals surface area contributed by atoms with Crippen molar-refractivity contribution in [1.82, 2.24) is 24.9 Å². The second-order valence-electron chi connectivity index (χ2n) is 12.5. The molecule has 0 unspecified atom stereocenters. The van der Waals surface area contributed by atoms with E-state index in [-0.39, 0.29) is 33.5 Å². The minimum absolute atomic E-state index is 0.0459. The van der Waals surface area contributed by atoms with Crippen molar-refractivity contribution >= 4 is 51.2 Å². The molecule has 0 radical (unpaired) electrons. The third-order valence-corrected chi connectivity index (χ3v) is 8.94. The van der Waals surface area contributed by atoms with Gasteiger partial charge in [-0.3, -0.25) is 9.88 Å². The molecule has 242 valence electrons. The van der Waals surface area contributed by atoms with Gasteiger partial charge >= 0.3 is 0 Å². The van der Waals surface area contributed by atoms with E-state index in [0.29, 0.717) is 27.3 Å². The van der Waals surface area contributed by atoms with Crippen molar-refractivity contribution < 1.29 is 13.2 Å². The fourth-order valence-electron chi connectivity index (χ4n) is 5.90. The quantitative estimate of drug-likeness (QED) is 0.166. The molecule has 5 aromatic rings. The Balaban J connectivity index is 1.39. The second kappa shape index (κ2) is 13.0. The van der Waals surface area contributed by atoms with E-state index in [9.17, 15) is 18.4 Å². The van der Waals surface area contributed by atoms with Crippen LogP contribution in [-0.4, -0.2) is 43.5 Å². The largest absolute Gasteiger partial charge is 0.371 e. The standard InChI is InChI=1S/C34H31Cl2F3N8/c1-34(2,3)46-12-10-23(11-13-46)47-18-28(44-45-47)32(19-4-6-21(35)7-5-19)43-27-15-22(36)14-24-31(20(16-40)17-41-33(24)27)42-26-9-8-25(37)29(38)30(26)39/h4-9,14-15,17-18,23,32,43H,10-13H2,1-3H3,(H,41,42)/t32-/m0/s1. The molecule has 2 aromatic heterocycles. The van der Waals surface area contributed by atoms with Crippen LogP contribution in [0.5, 0.6) is 0 Å². The molecule has 1 saturated heterocycles. The molecule has 47 heavy (non-hydrogen) atoms. The highest BCUT2D eigenvalue weighted by Gasteiger charge is 2.29. The van der Waals surface area contributed by atoms with Gasteiger partial charge in [0, 0.05) is 40.3 Å². The van der Waals surface area contributed by atoms with Crippen molar-refractivity contribution in [3.8, 4) is 6.07 Å². The van der Waals surface area contributed by atoms with Gasteiger partial charge in [-0.25, -0.2) is 17.9 Å². The summed E-state index contributed by atoms with van der Waals surface area (Å²) < 4.78 is 44.3. The molecule has 0 aliphatic carbocycles. The second-order valence-corrected chi connectivity index (χ2v) is 13.4. The first-order chi connectivity index (χ1) is 22.4. The third kappa shape index (κ3) is 6.72. The first-order valence-electron chi connectivity index (χ1n) is 15.0. The molecule has 0 amide bonds. The lowest BCUT2D eigenvalue weighted by Gasteiger charge is -2.40. The van der Waals surface area contributed by atoms with Crippen LogP contribution >= 0.6 is 23.2 Å². The minimum atomic E-state index is -1.63. The van der Waals surface area contributed by atoms with Crippen molar-refractivity contribution in [1.29, 1.82) is 5.26 Å². The Hall–Kier alpha value is -4.37. The zero-order valence-electron chi connectivity index (χ0n) is 25.8. The van der Waals surface area contributed by atoms with Gasteiger partial charge in [0.15, 0.2) is 17.5 Å². The number of nitrogens with one attached hydrogen (secondary N) is 2. The Morgan fingerprint density at radius 3 is 2.36 bits per heavy atom. The fourth-order valence-corrected chi connectivity index (χ4v) is 6.24. The number of hydrogen-bond acceptors (Lipinski definition) is 7. The SMILES string of the molecule is CC(C)(C)N1CCC(n2cc([C@@H](Nc3cc(Cl)cc4c(Nc5ccc(F)c(F)c5F)c(C#N)cnc34)c3ccc(Cl)cc3)nn2)CC1. The van der Waals surface area contributed by atoms with Gasteiger partial charge in [0.25, 0.3) is 0 Å². The van der Waals surface area contributed by atoms with Crippen LogP contribution in [0.4, 0.5) is 30.2 Å². The van der Waals surface area contributed by atoms with Gasteiger partial charge in [-0.15, -0.1) is 5.10 Å². The topological polar surface area (TPSA) is 94.7 Å². The number of likely N-dealkylation sites (tertiary alicyclic amines) is 1. The van der Waals surface area contributed by atoms with Gasteiger partial charge in [-0.1, -0.05) is 40.5 Å². The Kier molecular flexibility index (Phi) is 9.03. The molecule has 8 nitrogen and oxygen atoms in total. The number of aromatic nitrogens is 4. The van der Waals surface area contributed by atoms with Crippen molar-refractivity contribution in [3.63, 3.8) is 0 Å². The highest BCUT2D eigenvalue weighted by molar-refractivity contribution is 6.32. The lowest BCUT2D eigenvalue weighted by molar-refractivity contribution is 0.0866. The van der Waals surface area contributed by atoms with Gasteiger partial charge in [0.05, 0.1) is 46.4 Å². The zero-order valence-corrected chi connectivity index (χ0v) is 27.3. The molecule has 1 aliphatic heterocycles. The molecule has 0 bridgehead atoms. The fraction of sp³-hybridized carbons (Fsp3) is 0.294. The van der Waals surface area contributed by atoms with E-state index >= 15 is 0 Å². The molecule has 3 heterocycles. The molecular weight excluding hydrogens is 648 g/mol. The van der Waals surface area contributed by atoms with E-state index < -0.39 is 23.5 Å². The molecule has 0 spiro atoms. The molecule has 0 saturated carbocycles. The maximum atomic E-state index is 14.7. The summed E-state index contributed by atoms with van der Waals surface area (Å²) in [4.78, 5) is 7.00. The number of benzene rings is 3. The highest BCUT2D eigenvalue weighted by Crippen LogP contribution is 2.38. The van der Waals surface area contributed by atoms with E-state index in [0.717, 1.165) is 43.6 Å². The number of pyridine rings is 1. The minimum Gasteiger partial charge on any atom is -0.371 e. The lowest BCUT2D eigenvalue weighted by Crippen LogP contribution is -2.46. The monoisotopic (exact) mass is 678 g/mol. The summed E-state index contributed by atoms with van der Waals surface area (Å²) in [5.41, 5.74) is 2.28. The van der Waals surface area contributed by atoms with Gasteiger partial charge < -0.3 is 10.6 Å². The third-order valence-electron chi connectivity index (χ3n) is 8.47. The average molecular weight is 680 g/mol. The van der Waals surface area contributed by atoms with Crippen molar-refractivity contribution in [2.24, 2.45) is 0 Å². The van der Waals surface area contributed by atoms with Crippen molar-refractivity contribution in [2.75, 3.05) is 23.7 Å². The number of nitrogens with zero attached hydrogens (tertiary/aromatic N) is 6. The number of piperidine rings is 1. The van der Waals surface area contributed by atoms with Crippen LogP contribution in [0.25, 0.3) is 10.9 Å². The molecule has 6 rings (SSSR count). The first-order valence-corrected chi connectivity index (χ1v) is 15.8. The highest BCUT2D eigenvalue weighted by atomic mass is 35.5. The molecular formula is C34H31Cl2F3N8. The van der Waals surface area contributed by atoms with E-state index in [1.165, 1.54) is 6.20 Å². The van der Waals surface area contributed by atoms with Gasteiger partial charge in [-0.2, -0.15) is 5.26 Å². The van der Waals surface area contributed by atoms with Crippen LogP contribution in [0, 0.1) is 28.8 Å². The molecule has 13 heteroatoms. The van der Waals surface area contributed by atoms with Gasteiger partial charge in [0.1, 0.15) is 11.8 Å². The first kappa shape index (κ1) is 32.6. The molecule has 3 aromatic carbocycles. The van der Waals surface area contributed by atoms with Crippen LogP contribution in [0.2, 0.25) is 10.0 Å². The maximum absolute atomic E-state index is 14.7. The molecule has 1 atom stereocenters. The van der Waals surface area contributed by atoms with Gasteiger partial charge in [-0.05, 0) is 75.6 Å². The summed E-state index contributed by atoms with van der Waals surface area (Å²) in [5.74, 6) is -4.39. The van der Waals surface area contributed by atoms with E-state index in [1.54, 1.807) is 24.3 Å². The summed E-state index contributed by atoms with van der Waals surface area (Å²) in [6.45, 7) is 8.58. The summed E-state index contributed by atoms with van der Waals surface area (Å²) in [6, 6.07) is 14.1. The Morgan fingerprint density at radius 2 is 1.68 bits per heavy atom. The predicted octanol–water partition coefficient (Wildman–Crippen LogP) is 8.80. The summed E-state index contributed by atoms with van der Waals surface area (Å²) in [6.07, 6.45) is 5.14. The van der Waals surface area contributed by atoms with E-state index in [4.69, 9.17) is 23.2 Å². The lowest BCUT2D eigenvalue weighted by atomic mass is 9.98. The molecule has 1 aliphatic rings. The zero-order chi connectivity index (χ0) is 33.5. The van der Waals surface area contributed by atoms with Crippen LogP contribution in [0.3, 0.4) is 0 Å². The van der Waals surface area contributed by atoms with Crippen LogP contribution in [0.1, 0.15) is 62.5 Å². The number of anilines is 3. The smallest absolute Gasteiger partial charge is 0.196 e. The number of hydrogen-bond donors (Lipinski definition) is 2. The summed E-state index contributed by atoms with van der Waals surface area (Å²) in [7, 11) is 0. The van der Waals surface area contributed by atoms with Crippen LogP contribution in [-0.2, 0) is 0 Å².